The van der Waals surface area contributed by atoms with Gasteiger partial charge in [0.2, 0.25) is 0 Å². The van der Waals surface area contributed by atoms with E-state index in [0.29, 0.717) is 6.54 Å². The van der Waals surface area contributed by atoms with E-state index >= 15 is 0 Å². The van der Waals surface area contributed by atoms with Crippen molar-refractivity contribution < 1.29 is 5.11 Å². The van der Waals surface area contributed by atoms with Gasteiger partial charge in [-0.15, -0.1) is 0 Å². The van der Waals surface area contributed by atoms with Crippen LogP contribution < -0.4 is 5.32 Å². The quantitative estimate of drug-likeness (QED) is 0.596. The summed E-state index contributed by atoms with van der Waals surface area (Å²) >= 11 is 1.86. The van der Waals surface area contributed by atoms with Gasteiger partial charge in [0, 0.05) is 6.54 Å². The van der Waals surface area contributed by atoms with Gasteiger partial charge in [0.15, 0.2) is 0 Å². The van der Waals surface area contributed by atoms with Crippen molar-refractivity contribution in [3.8, 4) is 0 Å². The van der Waals surface area contributed by atoms with E-state index < -0.39 is 5.60 Å². The molecule has 0 saturated heterocycles. The fourth-order valence-corrected chi connectivity index (χ4v) is 1.17. The minimum atomic E-state index is -0.570. The Balaban J connectivity index is 3.02. The molecule has 0 radical (unpaired) electrons. The van der Waals surface area contributed by atoms with Crippen LogP contribution >= 0.6 is 11.8 Å². The molecule has 2 nitrogen and oxygen atoms in total. The molecule has 0 aliphatic carbocycles. The summed E-state index contributed by atoms with van der Waals surface area (Å²) < 4.78 is 0. The van der Waals surface area contributed by atoms with Gasteiger partial charge >= 0.3 is 0 Å². The summed E-state index contributed by atoms with van der Waals surface area (Å²) in [4.78, 5) is 0. The van der Waals surface area contributed by atoms with E-state index in [4.69, 9.17) is 0 Å². The van der Waals surface area contributed by atoms with E-state index in [1.54, 1.807) is 0 Å². The first-order chi connectivity index (χ1) is 5.06. The Morgan fingerprint density at radius 1 is 1.45 bits per heavy atom. The van der Waals surface area contributed by atoms with E-state index in [0.717, 1.165) is 6.54 Å². The van der Waals surface area contributed by atoms with E-state index in [-0.39, 0.29) is 0 Å². The van der Waals surface area contributed by atoms with E-state index in [2.05, 4.69) is 11.6 Å². The molecule has 0 rings (SSSR count). The van der Waals surface area contributed by atoms with Crippen molar-refractivity contribution >= 4 is 11.8 Å². The Hall–Kier alpha value is 0.270. The number of hydrogen-bond acceptors (Lipinski definition) is 3. The summed E-state index contributed by atoms with van der Waals surface area (Å²) in [7, 11) is 0. The van der Waals surface area contributed by atoms with E-state index in [1.807, 2.05) is 25.6 Å². The van der Waals surface area contributed by atoms with E-state index in [1.165, 1.54) is 12.2 Å². The van der Waals surface area contributed by atoms with Gasteiger partial charge in [-0.05, 0) is 38.8 Å². The maximum atomic E-state index is 9.31. The smallest absolute Gasteiger partial charge is 0.0715 e. The van der Waals surface area contributed by atoms with Gasteiger partial charge in [-0.1, -0.05) is 0 Å². The van der Waals surface area contributed by atoms with Crippen LogP contribution in [0.15, 0.2) is 0 Å². The van der Waals surface area contributed by atoms with E-state index in [9.17, 15) is 5.11 Å². The van der Waals surface area contributed by atoms with Crippen molar-refractivity contribution in [1.82, 2.24) is 5.32 Å². The largest absolute Gasteiger partial charge is 0.389 e. The normalized spacial score (nSPS) is 12.0. The van der Waals surface area contributed by atoms with Crippen molar-refractivity contribution in [3.63, 3.8) is 0 Å². The standard InChI is InChI=1S/C8H19NOS/c1-8(2,10)7-9-5-4-6-11-3/h9-10H,4-7H2,1-3H3. The molecule has 0 atom stereocenters. The van der Waals surface area contributed by atoms with Crippen LogP contribution in [0, 0.1) is 0 Å². The van der Waals surface area contributed by atoms with Crippen molar-refractivity contribution in [2.75, 3.05) is 25.1 Å². The lowest BCUT2D eigenvalue weighted by molar-refractivity contribution is 0.0801. The zero-order valence-electron chi connectivity index (χ0n) is 7.68. The molecule has 0 aliphatic rings. The molecule has 3 heteroatoms. The second-order valence-corrected chi connectivity index (χ2v) is 4.32. The topological polar surface area (TPSA) is 32.3 Å². The van der Waals surface area contributed by atoms with Crippen LogP contribution in [0.1, 0.15) is 20.3 Å². The number of rotatable bonds is 6. The summed E-state index contributed by atoms with van der Waals surface area (Å²) in [5, 5.41) is 12.5. The molecule has 11 heavy (non-hydrogen) atoms. The molecule has 0 aromatic heterocycles. The first-order valence-corrected chi connectivity index (χ1v) is 5.38. The highest BCUT2D eigenvalue weighted by atomic mass is 32.2. The van der Waals surface area contributed by atoms with Gasteiger partial charge in [-0.2, -0.15) is 11.8 Å². The fraction of sp³-hybridized carbons (Fsp3) is 1.00. The molecular weight excluding hydrogens is 158 g/mol. The molecule has 0 unspecified atom stereocenters. The van der Waals surface area contributed by atoms with Crippen LogP contribution in [0.25, 0.3) is 0 Å². The molecule has 0 fully saturated rings. The fourth-order valence-electron chi connectivity index (χ4n) is 0.736. The third-order valence-electron chi connectivity index (χ3n) is 1.26. The van der Waals surface area contributed by atoms with Gasteiger partial charge in [0.05, 0.1) is 5.60 Å². The Morgan fingerprint density at radius 2 is 2.09 bits per heavy atom. The lowest BCUT2D eigenvalue weighted by Gasteiger charge is -2.17. The number of aliphatic hydroxyl groups is 1. The minimum absolute atomic E-state index is 0.570. The zero-order chi connectivity index (χ0) is 8.74. The average molecular weight is 177 g/mol. The highest BCUT2D eigenvalue weighted by molar-refractivity contribution is 7.98. The predicted octanol–water partition coefficient (Wildman–Crippen LogP) is 1.10. The summed E-state index contributed by atoms with van der Waals surface area (Å²) in [6.07, 6.45) is 3.28. The molecule has 0 aromatic carbocycles. The van der Waals surface area contributed by atoms with Gasteiger partial charge in [0.1, 0.15) is 0 Å². The molecule has 2 N–H and O–H groups in total. The molecule has 0 heterocycles. The maximum Gasteiger partial charge on any atom is 0.0715 e. The summed E-state index contributed by atoms with van der Waals surface area (Å²) in [6.45, 7) is 5.31. The molecule has 0 bridgehead atoms. The number of thioether (sulfide) groups is 1. The number of hydrogen-bond donors (Lipinski definition) is 2. The molecular formula is C8H19NOS. The second-order valence-electron chi connectivity index (χ2n) is 3.34. The SMILES string of the molecule is CSCCCNCC(C)(C)O. The van der Waals surface area contributed by atoms with Gasteiger partial charge in [0.25, 0.3) is 0 Å². The highest BCUT2D eigenvalue weighted by Crippen LogP contribution is 1.98. The van der Waals surface area contributed by atoms with Crippen molar-refractivity contribution in [3.05, 3.63) is 0 Å². The third kappa shape index (κ3) is 10.3. The molecule has 0 spiro atoms. The Bertz CT molecular complexity index is 90.6. The molecule has 0 aliphatic heterocycles. The molecule has 68 valence electrons. The van der Waals surface area contributed by atoms with Crippen LogP contribution in [0.3, 0.4) is 0 Å². The Morgan fingerprint density at radius 3 is 2.55 bits per heavy atom. The van der Waals surface area contributed by atoms with Gasteiger partial charge in [-0.3, -0.25) is 0 Å². The van der Waals surface area contributed by atoms with Crippen LogP contribution in [-0.2, 0) is 0 Å². The van der Waals surface area contributed by atoms with Crippen LogP contribution in [0.5, 0.6) is 0 Å². The summed E-state index contributed by atoms with van der Waals surface area (Å²) in [5.74, 6) is 1.19. The first kappa shape index (κ1) is 11.3. The van der Waals surface area contributed by atoms with Gasteiger partial charge in [-0.25, -0.2) is 0 Å². The Labute approximate surface area is 73.8 Å². The van der Waals surface area contributed by atoms with Crippen LogP contribution in [0.2, 0.25) is 0 Å². The van der Waals surface area contributed by atoms with Crippen molar-refractivity contribution in [1.29, 1.82) is 0 Å². The third-order valence-corrected chi connectivity index (χ3v) is 1.96. The van der Waals surface area contributed by atoms with Crippen molar-refractivity contribution in [2.24, 2.45) is 0 Å². The lowest BCUT2D eigenvalue weighted by Crippen LogP contribution is -2.35. The van der Waals surface area contributed by atoms with Crippen LogP contribution in [0.4, 0.5) is 0 Å². The summed E-state index contributed by atoms with van der Waals surface area (Å²) in [5.41, 5.74) is -0.570. The second kappa shape index (κ2) is 5.86. The minimum Gasteiger partial charge on any atom is -0.389 e. The molecule has 0 saturated carbocycles. The summed E-state index contributed by atoms with van der Waals surface area (Å²) in [6, 6.07) is 0. The maximum absolute atomic E-state index is 9.31. The lowest BCUT2D eigenvalue weighted by atomic mass is 10.1. The monoisotopic (exact) mass is 177 g/mol. The molecule has 0 amide bonds. The number of nitrogens with one attached hydrogen (secondary N) is 1. The zero-order valence-corrected chi connectivity index (χ0v) is 8.50. The predicted molar refractivity (Wildman–Crippen MR) is 52.2 cm³/mol. The Kier molecular flexibility index (Phi) is 6.01. The highest BCUT2D eigenvalue weighted by Gasteiger charge is 2.10. The molecule has 0 aromatic rings. The first-order valence-electron chi connectivity index (χ1n) is 3.98. The van der Waals surface area contributed by atoms with Crippen molar-refractivity contribution in [2.45, 2.75) is 25.9 Å². The van der Waals surface area contributed by atoms with Gasteiger partial charge < -0.3 is 10.4 Å². The average Bonchev–Trinajstić information content (AvgIpc) is 1.85. The van der Waals surface area contributed by atoms with Crippen LogP contribution in [-0.4, -0.2) is 35.8 Å².